The van der Waals surface area contributed by atoms with Crippen LogP contribution in [0.15, 0.2) is 4.52 Å². The van der Waals surface area contributed by atoms with Crippen LogP contribution < -0.4 is 5.32 Å². The summed E-state index contributed by atoms with van der Waals surface area (Å²) in [5.41, 5.74) is 1.18. The summed E-state index contributed by atoms with van der Waals surface area (Å²) in [5.74, 6) is 2.61. The molecule has 2 unspecified atom stereocenters. The van der Waals surface area contributed by atoms with Gasteiger partial charge in [-0.2, -0.15) is 4.98 Å². The van der Waals surface area contributed by atoms with Gasteiger partial charge in [0.2, 0.25) is 5.89 Å². The normalized spacial score (nSPS) is 44.4. The van der Waals surface area contributed by atoms with Crippen molar-refractivity contribution in [1.82, 2.24) is 15.5 Å². The molecule has 4 aliphatic carbocycles. The molecule has 4 saturated carbocycles. The molecule has 116 valence electrons. The number of hydrogen-bond acceptors (Lipinski definition) is 4. The van der Waals surface area contributed by atoms with Crippen LogP contribution in [0, 0.1) is 16.7 Å². The molecule has 0 aliphatic heterocycles. The zero-order valence-corrected chi connectivity index (χ0v) is 13.5. The predicted molar refractivity (Wildman–Crippen MR) is 80.8 cm³/mol. The van der Waals surface area contributed by atoms with Crippen LogP contribution in [-0.2, 0) is 12.0 Å². The van der Waals surface area contributed by atoms with E-state index >= 15 is 0 Å². The lowest BCUT2D eigenvalue weighted by Gasteiger charge is -2.64. The maximum atomic E-state index is 5.50. The summed E-state index contributed by atoms with van der Waals surface area (Å²) in [6.07, 6.45) is 8.00. The van der Waals surface area contributed by atoms with Crippen LogP contribution in [0.5, 0.6) is 0 Å². The molecule has 1 N–H and O–H groups in total. The maximum absolute atomic E-state index is 5.50. The molecule has 0 radical (unpaired) electrons. The summed E-state index contributed by atoms with van der Waals surface area (Å²) >= 11 is 0. The van der Waals surface area contributed by atoms with E-state index in [1.165, 1.54) is 38.5 Å². The van der Waals surface area contributed by atoms with Gasteiger partial charge in [-0.3, -0.25) is 0 Å². The molecule has 4 nitrogen and oxygen atoms in total. The molecule has 1 heterocycles. The first-order chi connectivity index (χ1) is 9.94. The largest absolute Gasteiger partial charge is 0.338 e. The van der Waals surface area contributed by atoms with E-state index < -0.39 is 0 Å². The van der Waals surface area contributed by atoms with Crippen molar-refractivity contribution in [3.05, 3.63) is 11.7 Å². The Labute approximate surface area is 127 Å². The van der Waals surface area contributed by atoms with Crippen molar-refractivity contribution >= 4 is 0 Å². The molecule has 0 amide bonds. The molecule has 4 fully saturated rings. The Hall–Kier alpha value is -0.900. The van der Waals surface area contributed by atoms with E-state index in [1.807, 2.05) is 0 Å². The van der Waals surface area contributed by atoms with Crippen molar-refractivity contribution in [2.45, 2.75) is 71.3 Å². The minimum Gasteiger partial charge on any atom is -0.338 e. The van der Waals surface area contributed by atoms with Gasteiger partial charge in [0.1, 0.15) is 0 Å². The molecule has 4 aliphatic rings. The average molecular weight is 289 g/mol. The van der Waals surface area contributed by atoms with E-state index in [0.717, 1.165) is 24.2 Å². The van der Waals surface area contributed by atoms with Crippen molar-refractivity contribution in [1.29, 1.82) is 0 Å². The molecule has 1 aromatic heterocycles. The zero-order valence-electron chi connectivity index (χ0n) is 13.5. The van der Waals surface area contributed by atoms with Gasteiger partial charge in [-0.1, -0.05) is 25.9 Å². The summed E-state index contributed by atoms with van der Waals surface area (Å²) in [6, 6.07) is 0. The fraction of sp³-hybridized carbons (Fsp3) is 0.882. The van der Waals surface area contributed by atoms with Gasteiger partial charge in [0.05, 0.1) is 6.54 Å². The van der Waals surface area contributed by atoms with Crippen molar-refractivity contribution in [3.8, 4) is 0 Å². The molecule has 4 bridgehead atoms. The van der Waals surface area contributed by atoms with Crippen LogP contribution in [0.3, 0.4) is 0 Å². The van der Waals surface area contributed by atoms with Crippen molar-refractivity contribution < 1.29 is 4.52 Å². The SMILES string of the molecule is CCNCc1nc(C23CC4CC(C)(CC(C)(C4)C2)C3)no1. The number of nitrogens with one attached hydrogen (secondary N) is 1. The predicted octanol–water partition coefficient (Wildman–Crippen LogP) is 3.43. The molecule has 0 spiro atoms. The quantitative estimate of drug-likeness (QED) is 0.922. The first-order valence-corrected chi connectivity index (χ1v) is 8.48. The molecular formula is C17H27N3O. The third kappa shape index (κ3) is 2.14. The van der Waals surface area contributed by atoms with Gasteiger partial charge < -0.3 is 9.84 Å². The van der Waals surface area contributed by atoms with E-state index in [4.69, 9.17) is 9.51 Å². The minimum absolute atomic E-state index is 0.191. The second kappa shape index (κ2) is 4.31. The highest BCUT2D eigenvalue weighted by atomic mass is 16.5. The molecule has 0 saturated heterocycles. The van der Waals surface area contributed by atoms with Gasteiger partial charge in [0.15, 0.2) is 5.82 Å². The Kier molecular flexibility index (Phi) is 2.82. The topological polar surface area (TPSA) is 51.0 Å². The highest BCUT2D eigenvalue weighted by Crippen LogP contribution is 2.69. The third-order valence-electron chi connectivity index (χ3n) is 6.09. The molecule has 4 heteroatoms. The van der Waals surface area contributed by atoms with E-state index in [9.17, 15) is 0 Å². The van der Waals surface area contributed by atoms with Crippen molar-refractivity contribution in [2.75, 3.05) is 6.54 Å². The van der Waals surface area contributed by atoms with E-state index in [0.29, 0.717) is 17.4 Å². The molecule has 5 rings (SSSR count). The van der Waals surface area contributed by atoms with Crippen molar-refractivity contribution in [2.24, 2.45) is 16.7 Å². The first kappa shape index (κ1) is 13.7. The number of nitrogens with zero attached hydrogens (tertiary/aromatic N) is 2. The molecular weight excluding hydrogens is 262 g/mol. The smallest absolute Gasteiger partial charge is 0.240 e. The van der Waals surface area contributed by atoms with Gasteiger partial charge in [0.25, 0.3) is 0 Å². The second-order valence-electron chi connectivity index (χ2n) is 8.70. The Morgan fingerprint density at radius 2 is 1.86 bits per heavy atom. The van der Waals surface area contributed by atoms with Gasteiger partial charge in [-0.15, -0.1) is 0 Å². The van der Waals surface area contributed by atoms with E-state index in [1.54, 1.807) is 0 Å². The number of rotatable bonds is 4. The van der Waals surface area contributed by atoms with Crippen LogP contribution in [0.2, 0.25) is 0 Å². The van der Waals surface area contributed by atoms with Crippen LogP contribution in [0.1, 0.15) is 71.0 Å². The Morgan fingerprint density at radius 1 is 1.14 bits per heavy atom. The zero-order chi connectivity index (χ0) is 14.7. The fourth-order valence-electron chi connectivity index (χ4n) is 6.47. The van der Waals surface area contributed by atoms with Gasteiger partial charge >= 0.3 is 0 Å². The fourth-order valence-corrected chi connectivity index (χ4v) is 6.47. The van der Waals surface area contributed by atoms with Crippen LogP contribution >= 0.6 is 0 Å². The monoisotopic (exact) mass is 289 g/mol. The summed E-state index contributed by atoms with van der Waals surface area (Å²) in [4.78, 5) is 4.76. The summed E-state index contributed by atoms with van der Waals surface area (Å²) in [7, 11) is 0. The van der Waals surface area contributed by atoms with Crippen molar-refractivity contribution in [3.63, 3.8) is 0 Å². The van der Waals surface area contributed by atoms with Crippen LogP contribution in [0.25, 0.3) is 0 Å². The lowest BCUT2D eigenvalue weighted by atomic mass is 9.40. The first-order valence-electron chi connectivity index (χ1n) is 8.48. The second-order valence-corrected chi connectivity index (χ2v) is 8.70. The maximum Gasteiger partial charge on any atom is 0.240 e. The van der Waals surface area contributed by atoms with E-state index in [-0.39, 0.29) is 5.41 Å². The van der Waals surface area contributed by atoms with E-state index in [2.05, 4.69) is 31.2 Å². The highest BCUT2D eigenvalue weighted by molar-refractivity contribution is 5.21. The van der Waals surface area contributed by atoms with Gasteiger partial charge in [0, 0.05) is 5.41 Å². The Morgan fingerprint density at radius 3 is 2.48 bits per heavy atom. The average Bonchev–Trinajstić information content (AvgIpc) is 2.81. The minimum atomic E-state index is 0.191. The lowest BCUT2D eigenvalue weighted by molar-refractivity contribution is -0.113. The van der Waals surface area contributed by atoms with Crippen LogP contribution in [-0.4, -0.2) is 16.7 Å². The third-order valence-corrected chi connectivity index (χ3v) is 6.09. The van der Waals surface area contributed by atoms with Gasteiger partial charge in [-0.05, 0) is 61.8 Å². The number of hydrogen-bond donors (Lipinski definition) is 1. The molecule has 1 aromatic rings. The highest BCUT2D eigenvalue weighted by Gasteiger charge is 2.62. The van der Waals surface area contributed by atoms with Gasteiger partial charge in [-0.25, -0.2) is 0 Å². The summed E-state index contributed by atoms with van der Waals surface area (Å²) in [6.45, 7) is 8.70. The summed E-state index contributed by atoms with van der Waals surface area (Å²) < 4.78 is 5.50. The molecule has 2 atom stereocenters. The lowest BCUT2D eigenvalue weighted by Crippen LogP contribution is -2.57. The molecule has 21 heavy (non-hydrogen) atoms. The standard InChI is InChI=1S/C17H27N3O/c1-4-18-8-13-19-14(20-21-13)17-7-12-5-15(2,10-17)9-16(3,6-12)11-17/h12,18H,4-11H2,1-3H3. The van der Waals surface area contributed by atoms with Crippen LogP contribution in [0.4, 0.5) is 0 Å². The Bertz CT molecular complexity index is 534. The summed E-state index contributed by atoms with van der Waals surface area (Å²) in [5, 5.41) is 7.67. The Balaban J connectivity index is 1.66. The molecule has 0 aromatic carbocycles. The number of aromatic nitrogens is 2.